The fourth-order valence-electron chi connectivity index (χ4n) is 6.61. The largest absolute Gasteiger partial charge is 0.508 e. The number of methoxy groups -OCH3 is 1. The van der Waals surface area contributed by atoms with Gasteiger partial charge in [-0.15, -0.1) is 0 Å². The first-order valence-electron chi connectivity index (χ1n) is 25.5. The van der Waals surface area contributed by atoms with Gasteiger partial charge in [0.15, 0.2) is 0 Å². The molecule has 0 fully saturated rings. The number of benzene rings is 7. The van der Waals surface area contributed by atoms with Crippen molar-refractivity contribution in [2.75, 3.05) is 93.4 Å². The van der Waals surface area contributed by atoms with Crippen molar-refractivity contribution in [2.24, 2.45) is 0 Å². The van der Waals surface area contributed by atoms with Gasteiger partial charge in [-0.3, -0.25) is 4.21 Å². The number of anilines is 4. The normalized spacial score (nSPS) is 10.4. The average molecular weight is 1110 g/mol. The summed E-state index contributed by atoms with van der Waals surface area (Å²) in [5, 5.41) is 12.5. The maximum atomic E-state index is 11.8. The van der Waals surface area contributed by atoms with Crippen molar-refractivity contribution < 1.29 is 30.9 Å². The molecule has 420 valence electrons. The predicted molar refractivity (Wildman–Crippen MR) is 334 cm³/mol. The summed E-state index contributed by atoms with van der Waals surface area (Å²) in [6.07, 6.45) is 4.75. The van der Waals surface area contributed by atoms with Gasteiger partial charge in [0.05, 0.1) is 17.7 Å². The van der Waals surface area contributed by atoms with Crippen LogP contribution in [0, 0.1) is 34.6 Å². The summed E-state index contributed by atoms with van der Waals surface area (Å²) >= 11 is -1.56. The molecule has 7 aromatic rings. The first kappa shape index (κ1) is 68.4. The summed E-state index contributed by atoms with van der Waals surface area (Å²) in [7, 11) is 10.6. The Hall–Kier alpha value is -6.61. The van der Waals surface area contributed by atoms with Crippen molar-refractivity contribution in [1.29, 1.82) is 0 Å². The topological polar surface area (TPSA) is 129 Å². The second kappa shape index (κ2) is 38.0. The zero-order valence-corrected chi connectivity index (χ0v) is 51.1. The molecule has 11 nitrogen and oxygen atoms in total. The SMILES string of the molecule is CCCS(=O)(=O)CCC.COc1ccccc1N(C)C.CS(C)=O.Cc1ccc(C)c(N(C)C)c1.Cc1ccc(N(C)C)cc1.Cc1ccc(OS(=O)c2ccc(O)cc2)cc1.Cc1cccc(NCc2ccccc2)c1. The number of aromatic hydroxyl groups is 1. The molecule has 2 N–H and O–H groups in total. The number of nitrogens with one attached hydrogen (secondary N) is 1. The molecule has 0 saturated heterocycles. The Bertz CT molecular complexity index is 2830. The van der Waals surface area contributed by atoms with Gasteiger partial charge in [0, 0.05) is 101 Å². The van der Waals surface area contributed by atoms with Crippen LogP contribution in [0.25, 0.3) is 0 Å². The number of para-hydroxylation sites is 2. The molecule has 77 heavy (non-hydrogen) atoms. The number of rotatable bonds is 14. The minimum Gasteiger partial charge on any atom is -0.508 e. The third kappa shape index (κ3) is 31.3. The molecular formula is C63H88N4O7S3. The van der Waals surface area contributed by atoms with Crippen LogP contribution >= 0.6 is 0 Å². The van der Waals surface area contributed by atoms with Gasteiger partial charge >= 0.3 is 0 Å². The molecule has 7 aromatic carbocycles. The Morgan fingerprint density at radius 2 is 1.04 bits per heavy atom. The molecule has 0 radical (unpaired) electrons. The molecule has 0 aliphatic carbocycles. The third-order valence-corrected chi connectivity index (χ3v) is 13.6. The van der Waals surface area contributed by atoms with E-state index in [4.69, 9.17) is 14.0 Å². The molecular weight excluding hydrogens is 1020 g/mol. The Morgan fingerprint density at radius 3 is 1.51 bits per heavy atom. The molecule has 0 saturated carbocycles. The first-order valence-corrected chi connectivity index (χ1v) is 30.3. The molecule has 0 aliphatic rings. The number of nitrogens with zero attached hydrogens (tertiary/aromatic N) is 3. The lowest BCUT2D eigenvalue weighted by Gasteiger charge is -2.15. The highest BCUT2D eigenvalue weighted by Crippen LogP contribution is 2.25. The van der Waals surface area contributed by atoms with Crippen LogP contribution in [0.4, 0.5) is 22.7 Å². The standard InChI is InChI=1S/C14H15N.C13H12O3S.C10H15N.C9H13NO.C9H13N.C6H14O2S.C2H6OS/c1-12-6-5-9-14(10-12)15-11-13-7-3-2-4-8-13;1-10-2-6-12(7-3-10)16-17(15)13-8-4-11(14)5-9-13;1-8-5-6-9(2)10(7-8)11(3)4;1-10(2)8-6-4-5-7-9(8)11-3;1-8-4-6-9(7-5-8)10(2)3;1-3-5-9(7,8)6-4-2;1-4(2)3/h2-10,15H,11H2,1H3;2-9,14H,1H3;5-7H,1-4H3;4-7H,1-3H3;4-7H,1-3H3;3-6H2,1-2H3;1-2H3. The highest BCUT2D eigenvalue weighted by molar-refractivity contribution is 7.91. The Kier molecular flexibility index (Phi) is 33.8. The van der Waals surface area contributed by atoms with Gasteiger partial charge in [-0.25, -0.2) is 12.6 Å². The van der Waals surface area contributed by atoms with E-state index in [1.807, 2.05) is 96.3 Å². The lowest BCUT2D eigenvalue weighted by atomic mass is 10.1. The van der Waals surface area contributed by atoms with E-state index in [0.717, 1.165) is 36.4 Å². The molecule has 7 rings (SSSR count). The number of sulfone groups is 1. The Morgan fingerprint density at radius 1 is 0.545 bits per heavy atom. The second-order valence-corrected chi connectivity index (χ2v) is 23.6. The summed E-state index contributed by atoms with van der Waals surface area (Å²) in [6, 6.07) is 55.2. The Labute approximate surface area is 469 Å². The zero-order chi connectivity index (χ0) is 57.9. The van der Waals surface area contributed by atoms with Gasteiger partial charge in [0.25, 0.3) is 0 Å². The van der Waals surface area contributed by atoms with Gasteiger partial charge in [0.1, 0.15) is 27.1 Å². The van der Waals surface area contributed by atoms with Gasteiger partial charge in [-0.2, -0.15) is 0 Å². The minimum absolute atomic E-state index is 0.140. The fraction of sp³-hybridized carbons (Fsp3) is 0.333. The molecule has 0 bridgehead atoms. The number of phenolic OH excluding ortho intramolecular Hbond substituents is 1. The maximum Gasteiger partial charge on any atom is 0.240 e. The van der Waals surface area contributed by atoms with E-state index in [9.17, 15) is 16.8 Å². The van der Waals surface area contributed by atoms with E-state index < -0.39 is 31.7 Å². The average Bonchev–Trinajstić information content (AvgIpc) is 3.38. The molecule has 0 amide bonds. The van der Waals surface area contributed by atoms with E-state index in [-0.39, 0.29) is 5.75 Å². The van der Waals surface area contributed by atoms with E-state index in [1.54, 1.807) is 43.9 Å². The molecule has 0 spiro atoms. The number of aryl methyl sites for hydroxylation is 5. The molecule has 0 heterocycles. The fourth-order valence-corrected chi connectivity index (χ4v) is 8.80. The summed E-state index contributed by atoms with van der Waals surface area (Å²) in [4.78, 5) is 6.78. The van der Waals surface area contributed by atoms with Crippen LogP contribution in [0.15, 0.2) is 175 Å². The lowest BCUT2D eigenvalue weighted by molar-refractivity contribution is 0.415. The predicted octanol–water partition coefficient (Wildman–Crippen LogP) is 13.8. The minimum atomic E-state index is -2.68. The highest BCUT2D eigenvalue weighted by atomic mass is 32.2. The van der Waals surface area contributed by atoms with Gasteiger partial charge in [0.2, 0.25) is 11.1 Å². The van der Waals surface area contributed by atoms with E-state index >= 15 is 0 Å². The van der Waals surface area contributed by atoms with Crippen LogP contribution in [0.5, 0.6) is 17.2 Å². The smallest absolute Gasteiger partial charge is 0.240 e. The molecule has 14 heteroatoms. The van der Waals surface area contributed by atoms with Crippen molar-refractivity contribution in [3.05, 3.63) is 203 Å². The molecule has 1 unspecified atom stereocenters. The van der Waals surface area contributed by atoms with Crippen LogP contribution < -0.4 is 28.9 Å². The number of hydrogen-bond donors (Lipinski definition) is 2. The van der Waals surface area contributed by atoms with E-state index in [2.05, 4.69) is 148 Å². The number of phenols is 1. The quantitative estimate of drug-likeness (QED) is 0.108. The van der Waals surface area contributed by atoms with Crippen LogP contribution in [0.3, 0.4) is 0 Å². The Balaban J connectivity index is 0.000000462. The van der Waals surface area contributed by atoms with E-state index in [0.29, 0.717) is 22.2 Å². The molecule has 0 aliphatic heterocycles. The molecule has 1 atom stereocenters. The monoisotopic (exact) mass is 1110 g/mol. The van der Waals surface area contributed by atoms with Crippen molar-refractivity contribution in [1.82, 2.24) is 0 Å². The van der Waals surface area contributed by atoms with Gasteiger partial charge < -0.3 is 34.0 Å². The van der Waals surface area contributed by atoms with Crippen molar-refractivity contribution in [3.8, 4) is 17.2 Å². The third-order valence-electron chi connectivity index (χ3n) is 10.6. The van der Waals surface area contributed by atoms with Gasteiger partial charge in [-0.1, -0.05) is 116 Å². The zero-order valence-electron chi connectivity index (χ0n) is 48.7. The van der Waals surface area contributed by atoms with Crippen LogP contribution in [-0.2, 0) is 38.3 Å². The van der Waals surface area contributed by atoms with Gasteiger partial charge in [-0.05, 0) is 149 Å². The summed E-state index contributed by atoms with van der Waals surface area (Å²) in [6.45, 7) is 15.1. The molecule has 0 aromatic heterocycles. The van der Waals surface area contributed by atoms with Crippen LogP contribution in [0.2, 0.25) is 0 Å². The lowest BCUT2D eigenvalue weighted by Crippen LogP contribution is -2.10. The van der Waals surface area contributed by atoms with Crippen molar-refractivity contribution in [2.45, 2.75) is 72.7 Å². The number of hydrogen-bond acceptors (Lipinski definition) is 11. The summed E-state index contributed by atoms with van der Waals surface area (Å²) < 4.78 is 53.5. The van der Waals surface area contributed by atoms with Crippen molar-refractivity contribution >= 4 is 54.5 Å². The van der Waals surface area contributed by atoms with Crippen molar-refractivity contribution in [3.63, 3.8) is 0 Å². The highest BCUT2D eigenvalue weighted by Gasteiger charge is 2.07. The van der Waals surface area contributed by atoms with Crippen LogP contribution in [0.1, 0.15) is 60.1 Å². The summed E-state index contributed by atoms with van der Waals surface area (Å²) in [5.41, 5.74) is 12.5. The second-order valence-electron chi connectivity index (χ2n) is 18.7. The maximum absolute atomic E-state index is 11.8. The summed E-state index contributed by atoms with van der Waals surface area (Å²) in [5.74, 6) is 2.31. The van der Waals surface area contributed by atoms with Crippen LogP contribution in [-0.4, -0.2) is 95.4 Å². The van der Waals surface area contributed by atoms with E-state index in [1.165, 1.54) is 57.0 Å². The first-order chi connectivity index (χ1) is 36.4. The number of ether oxygens (including phenoxy) is 1.